The molecule has 0 aliphatic carbocycles. The molecule has 18 heavy (non-hydrogen) atoms. The van der Waals surface area contributed by atoms with Crippen molar-refractivity contribution in [3.63, 3.8) is 0 Å². The van der Waals surface area contributed by atoms with E-state index in [1.807, 2.05) is 12.1 Å². The highest BCUT2D eigenvalue weighted by Gasteiger charge is 2.08. The zero-order chi connectivity index (χ0) is 12.5. The van der Waals surface area contributed by atoms with Crippen LogP contribution in [0.5, 0.6) is 5.75 Å². The number of fused-ring (bicyclic) bond motifs is 1. The molecule has 3 rings (SSSR count). The molecule has 2 aromatic carbocycles. The average molecular weight is 238 g/mol. The molecule has 3 aromatic rings. The number of phenolic OH excluding ortho intramolecular Hbond substituents is 1. The smallest absolute Gasteiger partial charge is 0.150 e. The van der Waals surface area contributed by atoms with Crippen LogP contribution in [0, 0.1) is 0 Å². The average Bonchev–Trinajstić information content (AvgIpc) is 2.82. The molecule has 1 heterocycles. The molecule has 0 fully saturated rings. The van der Waals surface area contributed by atoms with Crippen LogP contribution in [0.25, 0.3) is 16.6 Å². The largest absolute Gasteiger partial charge is 0.506 e. The molecule has 4 heteroatoms. The summed E-state index contributed by atoms with van der Waals surface area (Å²) in [6.45, 7) is 0. The van der Waals surface area contributed by atoms with Crippen LogP contribution in [0.15, 0.2) is 48.7 Å². The van der Waals surface area contributed by atoms with E-state index >= 15 is 0 Å². The minimum atomic E-state index is 0.152. The van der Waals surface area contributed by atoms with Gasteiger partial charge in [0.15, 0.2) is 0 Å². The molecule has 88 valence electrons. The van der Waals surface area contributed by atoms with Crippen LogP contribution in [0.3, 0.4) is 0 Å². The van der Waals surface area contributed by atoms with Gasteiger partial charge in [0.2, 0.25) is 0 Å². The number of hydrogen-bond donors (Lipinski definition) is 1. The maximum absolute atomic E-state index is 10.8. The van der Waals surface area contributed by atoms with Gasteiger partial charge in [-0.2, -0.15) is 5.10 Å². The highest BCUT2D eigenvalue weighted by molar-refractivity contribution is 5.87. The molecule has 0 atom stereocenters. The summed E-state index contributed by atoms with van der Waals surface area (Å²) in [6, 6.07) is 12.3. The number of para-hydroxylation sites is 2. The molecule has 0 radical (unpaired) electrons. The molecule has 0 saturated heterocycles. The van der Waals surface area contributed by atoms with Crippen LogP contribution in [0.2, 0.25) is 0 Å². The van der Waals surface area contributed by atoms with Crippen molar-refractivity contribution in [2.45, 2.75) is 0 Å². The van der Waals surface area contributed by atoms with E-state index in [0.717, 1.165) is 17.2 Å². The third-order valence-corrected chi connectivity index (χ3v) is 2.84. The summed E-state index contributed by atoms with van der Waals surface area (Å²) in [7, 11) is 0. The molecule has 0 bridgehead atoms. The lowest BCUT2D eigenvalue weighted by Gasteiger charge is -2.05. The van der Waals surface area contributed by atoms with E-state index in [9.17, 15) is 9.90 Å². The number of aromatic nitrogens is 2. The summed E-state index contributed by atoms with van der Waals surface area (Å²) in [6.07, 6.45) is 2.50. The lowest BCUT2D eigenvalue weighted by Crippen LogP contribution is -1.96. The fourth-order valence-electron chi connectivity index (χ4n) is 1.94. The number of benzene rings is 2. The highest BCUT2D eigenvalue weighted by Crippen LogP contribution is 2.25. The van der Waals surface area contributed by atoms with Gasteiger partial charge in [-0.3, -0.25) is 4.79 Å². The van der Waals surface area contributed by atoms with E-state index in [1.165, 1.54) is 0 Å². The molecule has 1 N–H and O–H groups in total. The molecule has 0 aliphatic heterocycles. The van der Waals surface area contributed by atoms with E-state index < -0.39 is 0 Å². The first-order valence-electron chi connectivity index (χ1n) is 5.51. The predicted molar refractivity (Wildman–Crippen MR) is 68.1 cm³/mol. The monoisotopic (exact) mass is 238 g/mol. The molecule has 1 aromatic heterocycles. The first kappa shape index (κ1) is 10.5. The Kier molecular flexibility index (Phi) is 2.34. The molecular formula is C14H10N2O2. The van der Waals surface area contributed by atoms with Crippen molar-refractivity contribution in [1.82, 2.24) is 9.78 Å². The van der Waals surface area contributed by atoms with Gasteiger partial charge in [0.05, 0.1) is 11.7 Å². The Morgan fingerprint density at radius 3 is 2.78 bits per heavy atom. The van der Waals surface area contributed by atoms with Crippen molar-refractivity contribution in [3.8, 4) is 11.4 Å². The third kappa shape index (κ3) is 1.55. The van der Waals surface area contributed by atoms with Crippen LogP contribution in [-0.4, -0.2) is 21.2 Å². The topological polar surface area (TPSA) is 55.1 Å². The second-order valence-electron chi connectivity index (χ2n) is 3.98. The molecule has 0 amide bonds. The Morgan fingerprint density at radius 2 is 2.00 bits per heavy atom. The van der Waals surface area contributed by atoms with Crippen molar-refractivity contribution in [2.24, 2.45) is 0 Å². The Balaban J connectivity index is 2.29. The minimum Gasteiger partial charge on any atom is -0.506 e. The van der Waals surface area contributed by atoms with Gasteiger partial charge in [-0.25, -0.2) is 4.68 Å². The van der Waals surface area contributed by atoms with E-state index in [1.54, 1.807) is 41.2 Å². The molecule has 0 unspecified atom stereocenters. The number of nitrogens with zero attached hydrogens (tertiary/aromatic N) is 2. The van der Waals surface area contributed by atoms with E-state index in [0.29, 0.717) is 11.3 Å². The van der Waals surface area contributed by atoms with Gasteiger partial charge < -0.3 is 5.11 Å². The zero-order valence-electron chi connectivity index (χ0n) is 9.45. The first-order valence-corrected chi connectivity index (χ1v) is 5.51. The van der Waals surface area contributed by atoms with Gasteiger partial charge >= 0.3 is 0 Å². The Labute approximate surface area is 103 Å². The lowest BCUT2D eigenvalue weighted by atomic mass is 10.2. The van der Waals surface area contributed by atoms with Gasteiger partial charge in [0, 0.05) is 10.9 Å². The van der Waals surface area contributed by atoms with Crippen LogP contribution in [-0.2, 0) is 0 Å². The van der Waals surface area contributed by atoms with Crippen molar-refractivity contribution < 1.29 is 9.90 Å². The lowest BCUT2D eigenvalue weighted by molar-refractivity contribution is 0.112. The normalized spacial score (nSPS) is 10.7. The summed E-state index contributed by atoms with van der Waals surface area (Å²) in [4.78, 5) is 10.8. The molecule has 4 nitrogen and oxygen atoms in total. The summed E-state index contributed by atoms with van der Waals surface area (Å²) in [5.41, 5.74) is 1.97. The number of carbonyl (C=O) groups is 1. The maximum atomic E-state index is 10.8. The zero-order valence-corrected chi connectivity index (χ0v) is 9.45. The van der Waals surface area contributed by atoms with Crippen molar-refractivity contribution in [3.05, 3.63) is 54.2 Å². The van der Waals surface area contributed by atoms with Crippen molar-refractivity contribution >= 4 is 17.2 Å². The van der Waals surface area contributed by atoms with Crippen LogP contribution >= 0.6 is 0 Å². The van der Waals surface area contributed by atoms with Crippen molar-refractivity contribution in [1.29, 1.82) is 0 Å². The van der Waals surface area contributed by atoms with Crippen molar-refractivity contribution in [2.75, 3.05) is 0 Å². The first-order chi connectivity index (χ1) is 8.79. The highest BCUT2D eigenvalue weighted by atomic mass is 16.3. The number of rotatable bonds is 2. The van der Waals surface area contributed by atoms with Gasteiger partial charge in [-0.15, -0.1) is 0 Å². The Hall–Kier alpha value is -2.62. The molecular weight excluding hydrogens is 228 g/mol. The number of carbonyl (C=O) groups excluding carboxylic acids is 1. The summed E-state index contributed by atoms with van der Waals surface area (Å²) < 4.78 is 1.62. The van der Waals surface area contributed by atoms with Gasteiger partial charge in [0.1, 0.15) is 17.7 Å². The number of aromatic hydroxyl groups is 1. The van der Waals surface area contributed by atoms with Gasteiger partial charge in [-0.1, -0.05) is 24.3 Å². The fraction of sp³-hybridized carbons (Fsp3) is 0. The number of hydrogen-bond acceptors (Lipinski definition) is 3. The summed E-state index contributed by atoms with van der Waals surface area (Å²) >= 11 is 0. The SMILES string of the molecule is O=Cc1ccc2cnn(-c3ccccc3O)c2c1. The van der Waals surface area contributed by atoms with Gasteiger partial charge in [-0.05, 0) is 18.2 Å². The second kappa shape index (κ2) is 4.00. The van der Waals surface area contributed by atoms with Crippen LogP contribution in [0.1, 0.15) is 10.4 Å². The Bertz CT molecular complexity index is 731. The van der Waals surface area contributed by atoms with Crippen LogP contribution in [0.4, 0.5) is 0 Å². The molecule has 0 aliphatic rings. The van der Waals surface area contributed by atoms with E-state index in [4.69, 9.17) is 0 Å². The number of aldehydes is 1. The van der Waals surface area contributed by atoms with E-state index in [-0.39, 0.29) is 5.75 Å². The quantitative estimate of drug-likeness (QED) is 0.698. The third-order valence-electron chi connectivity index (χ3n) is 2.84. The van der Waals surface area contributed by atoms with Gasteiger partial charge in [0.25, 0.3) is 0 Å². The molecule has 0 saturated carbocycles. The minimum absolute atomic E-state index is 0.152. The summed E-state index contributed by atoms with van der Waals surface area (Å²) in [5.74, 6) is 0.152. The summed E-state index contributed by atoms with van der Waals surface area (Å²) in [5, 5.41) is 15.0. The predicted octanol–water partition coefficient (Wildman–Crippen LogP) is 2.54. The molecule has 0 spiro atoms. The van der Waals surface area contributed by atoms with E-state index in [2.05, 4.69) is 5.10 Å². The Morgan fingerprint density at radius 1 is 1.17 bits per heavy atom. The fourth-order valence-corrected chi connectivity index (χ4v) is 1.94. The maximum Gasteiger partial charge on any atom is 0.150 e. The second-order valence-corrected chi connectivity index (χ2v) is 3.98. The standard InChI is InChI=1S/C14H10N2O2/c17-9-10-5-6-11-8-15-16(13(11)7-10)12-3-1-2-4-14(12)18/h1-9,18H. The van der Waals surface area contributed by atoms with Crippen LogP contribution < -0.4 is 0 Å². The number of phenols is 1.